The third-order valence-corrected chi connectivity index (χ3v) is 10.1. The number of rotatable bonds is 40. The van der Waals surface area contributed by atoms with Crippen LogP contribution in [0.25, 0.3) is 0 Å². The summed E-state index contributed by atoms with van der Waals surface area (Å²) in [6.45, 7) is 4.94. The first-order valence-electron chi connectivity index (χ1n) is 22.0. The number of nitrogens with one attached hydrogen (secondary N) is 1. The van der Waals surface area contributed by atoms with Crippen LogP contribution in [0.3, 0.4) is 0 Å². The van der Waals surface area contributed by atoms with E-state index >= 15 is 0 Å². The van der Waals surface area contributed by atoms with E-state index in [9.17, 15) is 19.5 Å². The average Bonchev–Trinajstić information content (AvgIpc) is 3.11. The molecule has 2 atom stereocenters. The molecular weight excluding hydrogens is 636 g/mol. The van der Waals surface area contributed by atoms with E-state index in [4.69, 9.17) is 10.5 Å². The SMILES string of the molecule is CCCCCC/C=C\CCCCCCCC(=O)OC(CCCCCCCCCCCCCC)CCCCCCCC(=O)NC(CCCN)C(=O)O. The highest BCUT2D eigenvalue weighted by Crippen LogP contribution is 2.19. The van der Waals surface area contributed by atoms with Gasteiger partial charge in [-0.2, -0.15) is 0 Å². The maximum absolute atomic E-state index is 12.8. The van der Waals surface area contributed by atoms with Gasteiger partial charge in [0, 0.05) is 12.8 Å². The van der Waals surface area contributed by atoms with E-state index in [0.717, 1.165) is 64.2 Å². The van der Waals surface area contributed by atoms with E-state index in [1.165, 1.54) is 128 Å². The van der Waals surface area contributed by atoms with Crippen LogP contribution in [0.15, 0.2) is 12.2 Å². The van der Waals surface area contributed by atoms with Crippen molar-refractivity contribution < 1.29 is 24.2 Å². The van der Waals surface area contributed by atoms with Crippen LogP contribution >= 0.6 is 0 Å². The van der Waals surface area contributed by atoms with Gasteiger partial charge >= 0.3 is 11.9 Å². The summed E-state index contributed by atoms with van der Waals surface area (Å²) in [6, 6.07) is -0.854. The predicted octanol–water partition coefficient (Wildman–Crippen LogP) is 12.3. The van der Waals surface area contributed by atoms with Crippen molar-refractivity contribution in [1.82, 2.24) is 5.32 Å². The molecule has 0 aromatic heterocycles. The Bertz CT molecular complexity index is 817. The lowest BCUT2D eigenvalue weighted by Crippen LogP contribution is -2.40. The Morgan fingerprint density at radius 1 is 0.549 bits per heavy atom. The van der Waals surface area contributed by atoms with Crippen LogP contribution in [0.1, 0.15) is 232 Å². The summed E-state index contributed by atoms with van der Waals surface area (Å²) < 4.78 is 6.04. The first-order valence-corrected chi connectivity index (χ1v) is 22.0. The zero-order valence-corrected chi connectivity index (χ0v) is 33.7. The second-order valence-electron chi connectivity index (χ2n) is 15.1. The number of carboxylic acid groups (broad SMARTS) is 1. The van der Waals surface area contributed by atoms with Crippen molar-refractivity contribution in [3.63, 3.8) is 0 Å². The molecule has 0 aliphatic heterocycles. The molecule has 0 radical (unpaired) electrons. The van der Waals surface area contributed by atoms with Crippen LogP contribution in [0.2, 0.25) is 0 Å². The first-order chi connectivity index (χ1) is 24.9. The van der Waals surface area contributed by atoms with Crippen LogP contribution in [0.4, 0.5) is 0 Å². The number of ether oxygens (including phenoxy) is 1. The normalized spacial score (nSPS) is 12.7. The van der Waals surface area contributed by atoms with Gasteiger partial charge in [-0.25, -0.2) is 4.79 Å². The molecule has 0 aromatic carbocycles. The van der Waals surface area contributed by atoms with Crippen LogP contribution in [-0.2, 0) is 19.1 Å². The monoisotopic (exact) mass is 721 g/mol. The van der Waals surface area contributed by atoms with Crippen LogP contribution in [0.5, 0.6) is 0 Å². The van der Waals surface area contributed by atoms with E-state index in [2.05, 4.69) is 31.3 Å². The number of hydrogen-bond acceptors (Lipinski definition) is 5. The van der Waals surface area contributed by atoms with Crippen molar-refractivity contribution in [1.29, 1.82) is 0 Å². The number of amides is 1. The maximum atomic E-state index is 12.8. The Hall–Kier alpha value is -1.89. The molecule has 300 valence electrons. The fourth-order valence-electron chi connectivity index (χ4n) is 6.74. The number of esters is 1. The van der Waals surface area contributed by atoms with Gasteiger partial charge in [0.25, 0.3) is 0 Å². The molecule has 0 spiro atoms. The maximum Gasteiger partial charge on any atom is 0.326 e. The summed E-state index contributed by atoms with van der Waals surface area (Å²) in [5.41, 5.74) is 5.48. The number of unbranched alkanes of at least 4 members (excludes halogenated alkanes) is 24. The van der Waals surface area contributed by atoms with E-state index in [1.807, 2.05) is 0 Å². The molecule has 51 heavy (non-hydrogen) atoms. The van der Waals surface area contributed by atoms with Crippen LogP contribution in [0, 0.1) is 0 Å². The van der Waals surface area contributed by atoms with Crippen molar-refractivity contribution in [3.8, 4) is 0 Å². The first kappa shape index (κ1) is 49.1. The Labute approximate surface area is 315 Å². The number of allylic oxidation sites excluding steroid dienone is 2. The highest BCUT2D eigenvalue weighted by Gasteiger charge is 2.19. The molecule has 7 heteroatoms. The summed E-state index contributed by atoms with van der Waals surface area (Å²) in [4.78, 5) is 36.3. The molecule has 0 saturated carbocycles. The largest absolute Gasteiger partial charge is 0.480 e. The minimum absolute atomic E-state index is 0.0154. The molecule has 0 aliphatic carbocycles. The number of aliphatic carboxylic acids is 1. The molecular formula is C44H84N2O5. The Balaban J connectivity index is 4.31. The topological polar surface area (TPSA) is 119 Å². The Morgan fingerprint density at radius 2 is 0.961 bits per heavy atom. The summed E-state index contributed by atoms with van der Waals surface area (Å²) in [7, 11) is 0. The van der Waals surface area contributed by atoms with Crippen molar-refractivity contribution in [3.05, 3.63) is 12.2 Å². The quantitative estimate of drug-likeness (QED) is 0.0329. The number of hydrogen-bond donors (Lipinski definition) is 3. The summed E-state index contributed by atoms with van der Waals surface area (Å²) in [6.07, 6.45) is 42.5. The average molecular weight is 721 g/mol. The van der Waals surface area contributed by atoms with Gasteiger partial charge in [0.2, 0.25) is 5.91 Å². The molecule has 0 bridgehead atoms. The van der Waals surface area contributed by atoms with Crippen LogP contribution in [-0.4, -0.2) is 41.6 Å². The van der Waals surface area contributed by atoms with Gasteiger partial charge in [0.05, 0.1) is 0 Å². The van der Waals surface area contributed by atoms with Gasteiger partial charge < -0.3 is 20.9 Å². The molecule has 4 N–H and O–H groups in total. The van der Waals surface area contributed by atoms with Gasteiger partial charge in [-0.05, 0) is 83.6 Å². The molecule has 0 aromatic rings. The zero-order chi connectivity index (χ0) is 37.5. The number of carbonyl (C=O) groups excluding carboxylic acids is 2. The lowest BCUT2D eigenvalue weighted by atomic mass is 10.0. The molecule has 2 unspecified atom stereocenters. The highest BCUT2D eigenvalue weighted by atomic mass is 16.5. The van der Waals surface area contributed by atoms with Crippen molar-refractivity contribution >= 4 is 17.8 Å². The zero-order valence-electron chi connectivity index (χ0n) is 33.7. The minimum atomic E-state index is -1.00. The molecule has 0 fully saturated rings. The van der Waals surface area contributed by atoms with Crippen molar-refractivity contribution in [2.75, 3.05) is 6.54 Å². The van der Waals surface area contributed by atoms with Crippen molar-refractivity contribution in [2.45, 2.75) is 244 Å². The van der Waals surface area contributed by atoms with Crippen molar-refractivity contribution in [2.24, 2.45) is 5.73 Å². The van der Waals surface area contributed by atoms with Gasteiger partial charge in [-0.1, -0.05) is 154 Å². The fourth-order valence-corrected chi connectivity index (χ4v) is 6.74. The van der Waals surface area contributed by atoms with E-state index in [0.29, 0.717) is 32.2 Å². The van der Waals surface area contributed by atoms with E-state index < -0.39 is 12.0 Å². The van der Waals surface area contributed by atoms with Gasteiger partial charge in [-0.3, -0.25) is 9.59 Å². The smallest absolute Gasteiger partial charge is 0.326 e. The molecule has 7 nitrogen and oxygen atoms in total. The third-order valence-electron chi connectivity index (χ3n) is 10.1. The second-order valence-corrected chi connectivity index (χ2v) is 15.1. The van der Waals surface area contributed by atoms with E-state index in [-0.39, 0.29) is 18.0 Å². The van der Waals surface area contributed by atoms with Gasteiger partial charge in [0.1, 0.15) is 12.1 Å². The fraction of sp³-hybridized carbons (Fsp3) is 0.886. The minimum Gasteiger partial charge on any atom is -0.480 e. The molecule has 1 amide bonds. The molecule has 0 aliphatic rings. The van der Waals surface area contributed by atoms with Gasteiger partial charge in [-0.15, -0.1) is 0 Å². The van der Waals surface area contributed by atoms with E-state index in [1.54, 1.807) is 0 Å². The lowest BCUT2D eigenvalue weighted by molar-refractivity contribution is -0.150. The third kappa shape index (κ3) is 36.3. The number of carbonyl (C=O) groups is 3. The lowest BCUT2D eigenvalue weighted by Gasteiger charge is -2.18. The highest BCUT2D eigenvalue weighted by molar-refractivity contribution is 5.83. The molecule has 0 rings (SSSR count). The van der Waals surface area contributed by atoms with Gasteiger partial charge in [0.15, 0.2) is 0 Å². The second kappa shape index (κ2) is 39.3. The standard InChI is InChI=1S/C44H84N2O5/c1-3-5-7-9-11-13-15-17-19-21-23-28-32-38-43(48)51-40(34-29-25-22-20-18-16-14-12-10-8-6-4-2)35-30-26-24-27-31-37-42(47)46-41(44(49)50)36-33-39-45/h13,15,40-41H,3-12,14,16-39,45H2,1-2H3,(H,46,47)(H,49,50)/b15-13-. The Morgan fingerprint density at radius 3 is 1.43 bits per heavy atom. The number of carboxylic acids is 1. The summed E-state index contributed by atoms with van der Waals surface area (Å²) in [5, 5.41) is 11.9. The Kier molecular flexibility index (Phi) is 37.9. The number of nitrogens with two attached hydrogens (primary N) is 1. The summed E-state index contributed by atoms with van der Waals surface area (Å²) in [5.74, 6) is -1.23. The molecule has 0 saturated heterocycles. The summed E-state index contributed by atoms with van der Waals surface area (Å²) >= 11 is 0. The van der Waals surface area contributed by atoms with Crippen LogP contribution < -0.4 is 11.1 Å². The molecule has 0 heterocycles. The predicted molar refractivity (Wildman–Crippen MR) is 216 cm³/mol.